The maximum atomic E-state index is 5.99. The van der Waals surface area contributed by atoms with E-state index in [4.69, 9.17) is 22.2 Å². The van der Waals surface area contributed by atoms with Crippen LogP contribution in [0.2, 0.25) is 0 Å². The Hall–Kier alpha value is -2.57. The number of hydrogen-bond donors (Lipinski definition) is 1. The van der Waals surface area contributed by atoms with Crippen molar-refractivity contribution in [2.45, 2.75) is 12.6 Å². The summed E-state index contributed by atoms with van der Waals surface area (Å²) in [5.41, 5.74) is 1.50. The minimum Gasteiger partial charge on any atom is -0.470 e. The second kappa shape index (κ2) is 9.05. The molecule has 0 fully saturated rings. The van der Waals surface area contributed by atoms with Gasteiger partial charge in [0.25, 0.3) is 0 Å². The van der Waals surface area contributed by atoms with Crippen molar-refractivity contribution in [3.8, 4) is 0 Å². The fourth-order valence-electron chi connectivity index (χ4n) is 2.18. The maximum Gasteiger partial charge on any atom is 0.230 e. The van der Waals surface area contributed by atoms with Gasteiger partial charge in [-0.15, -0.1) is 5.10 Å². The standard InChI is InChI=1S/C18H22ClN5O/c1-4-18(22-24(3)15-8-5-7-14(19)10-11-15)25-13-16-17(23(2)20)9-6-12-21-16/h4-12,15H,1,13,20H2,2-3H3/b22-18+. The van der Waals surface area contributed by atoms with Crippen LogP contribution in [0, 0.1) is 0 Å². The number of aromatic nitrogens is 1. The lowest BCUT2D eigenvalue weighted by atomic mass is 10.2. The molecular formula is C18H22ClN5O. The van der Waals surface area contributed by atoms with Crippen LogP contribution in [0.15, 0.2) is 71.5 Å². The number of rotatable bonds is 6. The minimum atomic E-state index is -0.0355. The third kappa shape index (κ3) is 5.48. The van der Waals surface area contributed by atoms with Gasteiger partial charge in [0.2, 0.25) is 5.90 Å². The van der Waals surface area contributed by atoms with E-state index in [1.807, 2.05) is 49.6 Å². The summed E-state index contributed by atoms with van der Waals surface area (Å²) in [7, 11) is 3.60. The van der Waals surface area contributed by atoms with Gasteiger partial charge < -0.3 is 9.75 Å². The van der Waals surface area contributed by atoms with Crippen LogP contribution in [0.5, 0.6) is 0 Å². The van der Waals surface area contributed by atoms with Gasteiger partial charge in [0.1, 0.15) is 12.3 Å². The van der Waals surface area contributed by atoms with Gasteiger partial charge in [-0.1, -0.05) is 36.4 Å². The molecule has 1 aromatic heterocycles. The second-order valence-corrected chi connectivity index (χ2v) is 5.81. The summed E-state index contributed by atoms with van der Waals surface area (Å²) in [5.74, 6) is 6.20. The van der Waals surface area contributed by atoms with Crippen LogP contribution in [-0.2, 0) is 11.3 Å². The van der Waals surface area contributed by atoms with Crippen LogP contribution in [0.1, 0.15) is 5.69 Å². The predicted octanol–water partition coefficient (Wildman–Crippen LogP) is 2.96. The van der Waals surface area contributed by atoms with Gasteiger partial charge >= 0.3 is 0 Å². The van der Waals surface area contributed by atoms with Crippen LogP contribution >= 0.6 is 11.6 Å². The molecule has 25 heavy (non-hydrogen) atoms. The highest BCUT2D eigenvalue weighted by atomic mass is 35.5. The second-order valence-electron chi connectivity index (χ2n) is 5.37. The number of hydrazone groups is 1. The topological polar surface area (TPSA) is 67.0 Å². The Balaban J connectivity index is 2.06. The van der Waals surface area contributed by atoms with Crippen molar-refractivity contribution in [1.29, 1.82) is 0 Å². The Morgan fingerprint density at radius 3 is 3.00 bits per heavy atom. The molecule has 0 amide bonds. The number of likely N-dealkylation sites (N-methyl/N-ethyl adjacent to an activating group) is 1. The van der Waals surface area contributed by atoms with Gasteiger partial charge in [-0.25, -0.2) is 5.84 Å². The average Bonchev–Trinajstić information content (AvgIpc) is 2.83. The molecule has 0 bridgehead atoms. The Labute approximate surface area is 153 Å². The van der Waals surface area contributed by atoms with E-state index in [9.17, 15) is 0 Å². The molecule has 1 heterocycles. The van der Waals surface area contributed by atoms with Crippen molar-refractivity contribution in [3.63, 3.8) is 0 Å². The van der Waals surface area contributed by atoms with E-state index >= 15 is 0 Å². The number of hydrazine groups is 1. The molecule has 1 aliphatic rings. The van der Waals surface area contributed by atoms with Gasteiger partial charge in [0.05, 0.1) is 11.7 Å². The maximum absolute atomic E-state index is 5.99. The van der Waals surface area contributed by atoms with Crippen LogP contribution < -0.4 is 10.9 Å². The first-order valence-electron chi connectivity index (χ1n) is 7.72. The summed E-state index contributed by atoms with van der Waals surface area (Å²) in [5, 5.41) is 8.38. The molecule has 1 unspecified atom stereocenters. The zero-order chi connectivity index (χ0) is 18.2. The van der Waals surface area contributed by atoms with E-state index in [0.29, 0.717) is 10.9 Å². The highest BCUT2D eigenvalue weighted by Gasteiger charge is 2.11. The van der Waals surface area contributed by atoms with Crippen LogP contribution in [0.4, 0.5) is 5.69 Å². The summed E-state index contributed by atoms with van der Waals surface area (Å²) in [4.78, 5) is 4.30. The Bertz CT molecular complexity index is 724. The molecule has 1 aromatic rings. The van der Waals surface area contributed by atoms with Crippen LogP contribution in [-0.4, -0.2) is 36.0 Å². The number of allylic oxidation sites excluding steroid dienone is 4. The first kappa shape index (κ1) is 18.8. The van der Waals surface area contributed by atoms with Gasteiger partial charge in [0.15, 0.2) is 0 Å². The number of nitrogens with two attached hydrogens (primary N) is 1. The fraction of sp³-hybridized carbons (Fsp3) is 0.222. The monoisotopic (exact) mass is 359 g/mol. The van der Waals surface area contributed by atoms with Crippen molar-refractivity contribution in [1.82, 2.24) is 9.99 Å². The van der Waals surface area contributed by atoms with Gasteiger partial charge in [0, 0.05) is 25.3 Å². The number of pyridine rings is 1. The summed E-state index contributed by atoms with van der Waals surface area (Å²) in [6.07, 6.45) is 12.7. The first-order chi connectivity index (χ1) is 12.0. The van der Waals surface area contributed by atoms with E-state index in [1.165, 1.54) is 5.01 Å². The normalized spacial score (nSPS) is 16.9. The van der Waals surface area contributed by atoms with Crippen molar-refractivity contribution in [2.24, 2.45) is 10.9 Å². The van der Waals surface area contributed by atoms with E-state index in [1.54, 1.807) is 24.3 Å². The number of halogens is 1. The Morgan fingerprint density at radius 1 is 1.48 bits per heavy atom. The molecular weight excluding hydrogens is 338 g/mol. The SMILES string of the molecule is C=C/C(=N\N(C)C1C=CC=C(Cl)C=C1)OCc1ncccc1N(C)N. The first-order valence-corrected chi connectivity index (χ1v) is 8.10. The highest BCUT2D eigenvalue weighted by molar-refractivity contribution is 6.31. The summed E-state index contributed by atoms with van der Waals surface area (Å²) in [6.45, 7) is 3.99. The number of ether oxygens (including phenoxy) is 1. The van der Waals surface area contributed by atoms with Crippen molar-refractivity contribution < 1.29 is 4.74 Å². The summed E-state index contributed by atoms with van der Waals surface area (Å²) >= 11 is 5.99. The molecule has 1 atom stereocenters. The molecule has 0 aliphatic heterocycles. The quantitative estimate of drug-likeness (QED) is 0.366. The molecule has 6 nitrogen and oxygen atoms in total. The summed E-state index contributed by atoms with van der Waals surface area (Å²) in [6, 6.07) is 3.66. The largest absolute Gasteiger partial charge is 0.470 e. The molecule has 0 radical (unpaired) electrons. The smallest absolute Gasteiger partial charge is 0.230 e. The lowest BCUT2D eigenvalue weighted by molar-refractivity contribution is 0.262. The number of anilines is 1. The lowest BCUT2D eigenvalue weighted by Crippen LogP contribution is -2.27. The molecule has 2 rings (SSSR count). The number of hydrogen-bond acceptors (Lipinski definition) is 6. The van der Waals surface area contributed by atoms with Crippen LogP contribution in [0.3, 0.4) is 0 Å². The van der Waals surface area contributed by atoms with Crippen molar-refractivity contribution in [2.75, 3.05) is 19.1 Å². The lowest BCUT2D eigenvalue weighted by Gasteiger charge is -2.20. The van der Waals surface area contributed by atoms with Gasteiger partial charge in [-0.2, -0.15) is 0 Å². The molecule has 132 valence electrons. The molecule has 0 spiro atoms. The van der Waals surface area contributed by atoms with E-state index in [-0.39, 0.29) is 12.6 Å². The van der Waals surface area contributed by atoms with E-state index in [2.05, 4.69) is 16.7 Å². The molecule has 0 aromatic carbocycles. The van der Waals surface area contributed by atoms with Gasteiger partial charge in [-0.3, -0.25) is 9.99 Å². The zero-order valence-corrected chi connectivity index (χ0v) is 15.1. The fourth-order valence-corrected chi connectivity index (χ4v) is 2.32. The molecule has 0 saturated heterocycles. The summed E-state index contributed by atoms with van der Waals surface area (Å²) < 4.78 is 5.74. The Kier molecular flexibility index (Phi) is 6.80. The zero-order valence-electron chi connectivity index (χ0n) is 14.3. The van der Waals surface area contributed by atoms with Crippen molar-refractivity contribution >= 4 is 23.2 Å². The highest BCUT2D eigenvalue weighted by Crippen LogP contribution is 2.16. The Morgan fingerprint density at radius 2 is 2.28 bits per heavy atom. The third-order valence-electron chi connectivity index (χ3n) is 3.48. The van der Waals surface area contributed by atoms with Crippen LogP contribution in [0.25, 0.3) is 0 Å². The average molecular weight is 360 g/mol. The molecule has 0 saturated carbocycles. The number of nitrogens with zero attached hydrogens (tertiary/aromatic N) is 4. The minimum absolute atomic E-state index is 0.0355. The van der Waals surface area contributed by atoms with E-state index in [0.717, 1.165) is 11.4 Å². The van der Waals surface area contributed by atoms with Gasteiger partial charge in [-0.05, 0) is 30.4 Å². The predicted molar refractivity (Wildman–Crippen MR) is 103 cm³/mol. The van der Waals surface area contributed by atoms with Crippen molar-refractivity contribution in [3.05, 3.63) is 72.1 Å². The molecule has 7 heteroatoms. The molecule has 1 aliphatic carbocycles. The molecule has 2 N–H and O–H groups in total. The van der Waals surface area contributed by atoms with E-state index < -0.39 is 0 Å². The third-order valence-corrected chi connectivity index (χ3v) is 3.73.